The summed E-state index contributed by atoms with van der Waals surface area (Å²) in [6.45, 7) is 11.2. The smallest absolute Gasteiger partial charge is 0.140 e. The lowest BCUT2D eigenvalue weighted by molar-refractivity contribution is 0.454. The molecule has 0 aliphatic rings. The maximum atomic E-state index is 6.23. The van der Waals surface area contributed by atoms with E-state index in [0.29, 0.717) is 11.8 Å². The highest BCUT2D eigenvalue weighted by Crippen LogP contribution is 2.09. The zero-order valence-corrected chi connectivity index (χ0v) is 12.6. The molecule has 0 saturated heterocycles. The molecule has 0 aromatic carbocycles. The summed E-state index contributed by atoms with van der Waals surface area (Å²) in [4.78, 5) is 4.27. The summed E-state index contributed by atoms with van der Waals surface area (Å²) in [7, 11) is 0. The van der Waals surface area contributed by atoms with E-state index in [2.05, 4.69) is 43.1 Å². The van der Waals surface area contributed by atoms with Crippen molar-refractivity contribution < 1.29 is 0 Å². The number of alkyl halides is 1. The molecule has 1 unspecified atom stereocenters. The SMILES string of the molecule is CC(C)CC(Cl)CNCc1ncnn1CC(C)C. The van der Waals surface area contributed by atoms with Gasteiger partial charge in [0.1, 0.15) is 12.2 Å². The number of rotatable bonds is 8. The molecule has 0 spiro atoms. The zero-order chi connectivity index (χ0) is 13.5. The van der Waals surface area contributed by atoms with Gasteiger partial charge in [0.15, 0.2) is 0 Å². The van der Waals surface area contributed by atoms with Crippen molar-refractivity contribution in [2.75, 3.05) is 6.54 Å². The van der Waals surface area contributed by atoms with Crippen LogP contribution in [0.3, 0.4) is 0 Å². The van der Waals surface area contributed by atoms with Crippen molar-refractivity contribution in [3.05, 3.63) is 12.2 Å². The van der Waals surface area contributed by atoms with Gasteiger partial charge in [-0.2, -0.15) is 5.10 Å². The largest absolute Gasteiger partial charge is 0.308 e. The maximum Gasteiger partial charge on any atom is 0.140 e. The van der Waals surface area contributed by atoms with Crippen molar-refractivity contribution in [2.24, 2.45) is 11.8 Å². The van der Waals surface area contributed by atoms with Crippen LogP contribution in [0.1, 0.15) is 39.9 Å². The van der Waals surface area contributed by atoms with Crippen molar-refractivity contribution in [3.63, 3.8) is 0 Å². The molecular weight excluding hydrogens is 248 g/mol. The average Bonchev–Trinajstić information content (AvgIpc) is 2.63. The summed E-state index contributed by atoms with van der Waals surface area (Å²) in [5, 5.41) is 7.77. The molecule has 0 saturated carbocycles. The van der Waals surface area contributed by atoms with Crippen LogP contribution in [0.2, 0.25) is 0 Å². The van der Waals surface area contributed by atoms with Gasteiger partial charge in [-0.3, -0.25) is 0 Å². The van der Waals surface area contributed by atoms with E-state index >= 15 is 0 Å². The molecule has 0 radical (unpaired) electrons. The standard InChI is InChI=1S/C13H25ClN4/c1-10(2)5-12(14)6-15-7-13-16-9-17-18(13)8-11(3)4/h9-12,15H,5-8H2,1-4H3. The zero-order valence-electron chi connectivity index (χ0n) is 11.9. The molecule has 4 nitrogen and oxygen atoms in total. The minimum atomic E-state index is 0.187. The lowest BCUT2D eigenvalue weighted by Gasteiger charge is -2.13. The first-order valence-electron chi connectivity index (χ1n) is 6.70. The molecule has 0 fully saturated rings. The number of hydrogen-bond donors (Lipinski definition) is 1. The quantitative estimate of drug-likeness (QED) is 0.740. The Bertz CT molecular complexity index is 335. The van der Waals surface area contributed by atoms with Crippen LogP contribution in [0.25, 0.3) is 0 Å². The number of hydrogen-bond acceptors (Lipinski definition) is 3. The predicted octanol–water partition coefficient (Wildman–Crippen LogP) is 2.68. The van der Waals surface area contributed by atoms with Crippen LogP contribution in [-0.2, 0) is 13.1 Å². The summed E-state index contributed by atoms with van der Waals surface area (Å²) in [5.74, 6) is 2.20. The molecule has 1 atom stereocenters. The molecule has 1 aromatic rings. The van der Waals surface area contributed by atoms with Crippen LogP contribution in [-0.4, -0.2) is 26.7 Å². The molecule has 1 aromatic heterocycles. The third kappa shape index (κ3) is 5.83. The topological polar surface area (TPSA) is 42.7 Å². The Kier molecular flexibility index (Phi) is 6.65. The molecule has 0 amide bonds. The molecule has 18 heavy (non-hydrogen) atoms. The fourth-order valence-electron chi connectivity index (χ4n) is 1.86. The normalized spacial score (nSPS) is 13.5. The fraction of sp³-hybridized carbons (Fsp3) is 0.846. The molecule has 5 heteroatoms. The van der Waals surface area contributed by atoms with Gasteiger partial charge < -0.3 is 5.32 Å². The molecule has 104 valence electrons. The van der Waals surface area contributed by atoms with E-state index in [1.165, 1.54) is 0 Å². The van der Waals surface area contributed by atoms with E-state index in [0.717, 1.165) is 31.9 Å². The Balaban J connectivity index is 2.33. The van der Waals surface area contributed by atoms with Crippen LogP contribution in [0.15, 0.2) is 6.33 Å². The van der Waals surface area contributed by atoms with E-state index in [9.17, 15) is 0 Å². The van der Waals surface area contributed by atoms with Gasteiger partial charge in [0.05, 0.1) is 6.54 Å². The lowest BCUT2D eigenvalue weighted by Crippen LogP contribution is -2.26. The first-order valence-corrected chi connectivity index (χ1v) is 7.14. The van der Waals surface area contributed by atoms with E-state index in [-0.39, 0.29) is 5.38 Å². The van der Waals surface area contributed by atoms with E-state index < -0.39 is 0 Å². The third-order valence-corrected chi connectivity index (χ3v) is 2.94. The van der Waals surface area contributed by atoms with Gasteiger partial charge in [-0.15, -0.1) is 11.6 Å². The van der Waals surface area contributed by atoms with Crippen LogP contribution in [0, 0.1) is 11.8 Å². The molecule has 1 rings (SSSR count). The van der Waals surface area contributed by atoms with Crippen molar-refractivity contribution >= 4 is 11.6 Å². The van der Waals surface area contributed by atoms with Crippen LogP contribution in [0.4, 0.5) is 0 Å². The van der Waals surface area contributed by atoms with Gasteiger partial charge in [0.2, 0.25) is 0 Å². The van der Waals surface area contributed by atoms with Crippen LogP contribution >= 0.6 is 11.6 Å². The Morgan fingerprint density at radius 2 is 2.00 bits per heavy atom. The van der Waals surface area contributed by atoms with Gasteiger partial charge in [-0.1, -0.05) is 27.7 Å². The number of nitrogens with one attached hydrogen (secondary N) is 1. The summed E-state index contributed by atoms with van der Waals surface area (Å²) < 4.78 is 1.96. The van der Waals surface area contributed by atoms with E-state index in [1.54, 1.807) is 6.33 Å². The number of halogens is 1. The van der Waals surface area contributed by atoms with Gasteiger partial charge >= 0.3 is 0 Å². The Labute approximate surface area is 115 Å². The molecule has 0 bridgehead atoms. The molecular formula is C13H25ClN4. The summed E-state index contributed by atoms with van der Waals surface area (Å²) in [6.07, 6.45) is 2.65. The molecule has 1 N–H and O–H groups in total. The predicted molar refractivity (Wildman–Crippen MR) is 75.7 cm³/mol. The minimum absolute atomic E-state index is 0.187. The second kappa shape index (κ2) is 7.74. The molecule has 0 aliphatic heterocycles. The highest BCUT2D eigenvalue weighted by molar-refractivity contribution is 6.20. The molecule has 0 aliphatic carbocycles. The second-order valence-electron chi connectivity index (χ2n) is 5.61. The number of aromatic nitrogens is 3. The second-order valence-corrected chi connectivity index (χ2v) is 6.23. The Hall–Kier alpha value is -0.610. The van der Waals surface area contributed by atoms with Crippen LogP contribution < -0.4 is 5.32 Å². The van der Waals surface area contributed by atoms with E-state index in [4.69, 9.17) is 11.6 Å². The van der Waals surface area contributed by atoms with Gasteiger partial charge in [-0.05, 0) is 18.3 Å². The summed E-state index contributed by atoms with van der Waals surface area (Å²) in [6, 6.07) is 0. The third-order valence-electron chi connectivity index (χ3n) is 2.61. The van der Waals surface area contributed by atoms with Crippen molar-refractivity contribution in [1.82, 2.24) is 20.1 Å². The van der Waals surface area contributed by atoms with Gasteiger partial charge in [-0.25, -0.2) is 9.67 Å². The summed E-state index contributed by atoms with van der Waals surface area (Å²) in [5.41, 5.74) is 0. The first kappa shape index (κ1) is 15.4. The Morgan fingerprint density at radius 1 is 1.28 bits per heavy atom. The number of nitrogens with zero attached hydrogens (tertiary/aromatic N) is 3. The maximum absolute atomic E-state index is 6.23. The van der Waals surface area contributed by atoms with Crippen LogP contribution in [0.5, 0.6) is 0 Å². The first-order chi connectivity index (χ1) is 8.49. The molecule has 1 heterocycles. The van der Waals surface area contributed by atoms with Crippen molar-refractivity contribution in [3.8, 4) is 0 Å². The average molecular weight is 273 g/mol. The van der Waals surface area contributed by atoms with Crippen molar-refractivity contribution in [1.29, 1.82) is 0 Å². The van der Waals surface area contributed by atoms with Gasteiger partial charge in [0.25, 0.3) is 0 Å². The highest BCUT2D eigenvalue weighted by atomic mass is 35.5. The minimum Gasteiger partial charge on any atom is -0.308 e. The highest BCUT2D eigenvalue weighted by Gasteiger charge is 2.09. The van der Waals surface area contributed by atoms with Crippen molar-refractivity contribution in [2.45, 2.75) is 52.6 Å². The fourth-order valence-corrected chi connectivity index (χ4v) is 2.32. The Morgan fingerprint density at radius 3 is 2.61 bits per heavy atom. The van der Waals surface area contributed by atoms with Gasteiger partial charge in [0, 0.05) is 18.5 Å². The summed E-state index contributed by atoms with van der Waals surface area (Å²) >= 11 is 6.23. The monoisotopic (exact) mass is 272 g/mol. The lowest BCUT2D eigenvalue weighted by atomic mass is 10.1. The van der Waals surface area contributed by atoms with E-state index in [1.807, 2.05) is 4.68 Å².